The van der Waals surface area contributed by atoms with Crippen LogP contribution in [0.4, 0.5) is 5.69 Å². The molecule has 4 nitrogen and oxygen atoms in total. The second kappa shape index (κ2) is 4.16. The molecule has 0 saturated heterocycles. The predicted molar refractivity (Wildman–Crippen MR) is 69.7 cm³/mol. The second-order valence-electron chi connectivity index (χ2n) is 4.20. The van der Waals surface area contributed by atoms with Crippen molar-refractivity contribution in [2.45, 2.75) is 6.17 Å². The van der Waals surface area contributed by atoms with Crippen molar-refractivity contribution >= 4 is 11.5 Å². The van der Waals surface area contributed by atoms with Gasteiger partial charge in [0, 0.05) is 11.3 Å². The van der Waals surface area contributed by atoms with E-state index in [1.807, 2.05) is 54.6 Å². The van der Waals surface area contributed by atoms with Crippen molar-refractivity contribution in [3.05, 3.63) is 65.7 Å². The van der Waals surface area contributed by atoms with E-state index in [0.29, 0.717) is 5.56 Å². The van der Waals surface area contributed by atoms with Gasteiger partial charge in [0.25, 0.3) is 0 Å². The third-order valence-electron chi connectivity index (χ3n) is 3.06. The number of hydrogen-bond acceptors (Lipinski definition) is 3. The molecular formula is C14H13N3O. The van der Waals surface area contributed by atoms with Crippen molar-refractivity contribution in [1.82, 2.24) is 5.06 Å². The van der Waals surface area contributed by atoms with Crippen LogP contribution in [0.25, 0.3) is 0 Å². The quantitative estimate of drug-likeness (QED) is 0.717. The van der Waals surface area contributed by atoms with Crippen molar-refractivity contribution in [3.8, 4) is 0 Å². The number of para-hydroxylation sites is 1. The number of nitrogens with zero attached hydrogens (tertiary/aromatic N) is 1. The lowest BCUT2D eigenvalue weighted by Crippen LogP contribution is -2.40. The topological polar surface area (TPSA) is 59.4 Å². The van der Waals surface area contributed by atoms with Crippen LogP contribution in [0.1, 0.15) is 17.3 Å². The fourth-order valence-electron chi connectivity index (χ4n) is 2.14. The van der Waals surface area contributed by atoms with Crippen LogP contribution in [0, 0.1) is 5.41 Å². The highest BCUT2D eigenvalue weighted by Crippen LogP contribution is 2.31. The Morgan fingerprint density at radius 1 is 1.00 bits per heavy atom. The zero-order valence-corrected chi connectivity index (χ0v) is 9.67. The molecule has 90 valence electrons. The Morgan fingerprint density at radius 3 is 2.44 bits per heavy atom. The van der Waals surface area contributed by atoms with E-state index >= 15 is 0 Å². The second-order valence-corrected chi connectivity index (χ2v) is 4.20. The van der Waals surface area contributed by atoms with Gasteiger partial charge in [-0.1, -0.05) is 42.5 Å². The fraction of sp³-hybridized carbons (Fsp3) is 0.0714. The van der Waals surface area contributed by atoms with Gasteiger partial charge in [0.1, 0.15) is 0 Å². The molecule has 3 rings (SSSR count). The number of benzene rings is 2. The van der Waals surface area contributed by atoms with Crippen LogP contribution >= 0.6 is 0 Å². The average Bonchev–Trinajstić information content (AvgIpc) is 2.44. The number of nitrogens with one attached hydrogen (secondary N) is 2. The van der Waals surface area contributed by atoms with Gasteiger partial charge in [-0.3, -0.25) is 10.6 Å². The first-order chi connectivity index (χ1) is 8.77. The Hall–Kier alpha value is -2.33. The Balaban J connectivity index is 2.04. The molecule has 0 saturated carbocycles. The minimum absolute atomic E-state index is 0.109. The molecule has 2 aromatic carbocycles. The van der Waals surface area contributed by atoms with E-state index in [9.17, 15) is 5.21 Å². The third-order valence-corrected chi connectivity index (χ3v) is 3.06. The fourth-order valence-corrected chi connectivity index (χ4v) is 2.14. The lowest BCUT2D eigenvalue weighted by atomic mass is 10.1. The predicted octanol–water partition coefficient (Wildman–Crippen LogP) is 2.83. The molecule has 0 bridgehead atoms. The number of amidine groups is 1. The van der Waals surface area contributed by atoms with E-state index in [1.165, 1.54) is 0 Å². The van der Waals surface area contributed by atoms with Gasteiger partial charge in [0.2, 0.25) is 0 Å². The van der Waals surface area contributed by atoms with E-state index in [0.717, 1.165) is 16.3 Å². The summed E-state index contributed by atoms with van der Waals surface area (Å²) in [5, 5.41) is 22.3. The first-order valence-corrected chi connectivity index (χ1v) is 5.75. The van der Waals surface area contributed by atoms with Crippen molar-refractivity contribution in [2.75, 3.05) is 5.32 Å². The van der Waals surface area contributed by atoms with E-state index in [1.54, 1.807) is 0 Å². The van der Waals surface area contributed by atoms with Crippen molar-refractivity contribution < 1.29 is 5.21 Å². The minimum Gasteiger partial charge on any atom is -0.359 e. The Bertz CT molecular complexity index is 583. The highest BCUT2D eigenvalue weighted by Gasteiger charge is 2.29. The van der Waals surface area contributed by atoms with Crippen molar-refractivity contribution in [1.29, 1.82) is 5.41 Å². The van der Waals surface area contributed by atoms with E-state index in [-0.39, 0.29) is 5.84 Å². The molecule has 2 aromatic rings. The summed E-state index contributed by atoms with van der Waals surface area (Å²) >= 11 is 0. The number of fused-ring (bicyclic) bond motifs is 1. The van der Waals surface area contributed by atoms with Crippen LogP contribution < -0.4 is 5.32 Å². The van der Waals surface area contributed by atoms with Crippen LogP contribution in [-0.2, 0) is 0 Å². The summed E-state index contributed by atoms with van der Waals surface area (Å²) < 4.78 is 0. The van der Waals surface area contributed by atoms with Gasteiger partial charge in [-0.05, 0) is 17.7 Å². The molecule has 0 aromatic heterocycles. The summed E-state index contributed by atoms with van der Waals surface area (Å²) in [6.45, 7) is 0. The monoisotopic (exact) mass is 239 g/mol. The number of rotatable bonds is 1. The molecule has 18 heavy (non-hydrogen) atoms. The molecule has 0 radical (unpaired) electrons. The molecule has 3 N–H and O–H groups in total. The van der Waals surface area contributed by atoms with Gasteiger partial charge in [-0.25, -0.2) is 5.06 Å². The van der Waals surface area contributed by atoms with Crippen LogP contribution in [0.3, 0.4) is 0 Å². The van der Waals surface area contributed by atoms with Gasteiger partial charge < -0.3 is 5.32 Å². The Kier molecular flexibility index (Phi) is 2.50. The molecule has 1 aliphatic rings. The Labute approximate surface area is 105 Å². The van der Waals surface area contributed by atoms with Crippen molar-refractivity contribution in [3.63, 3.8) is 0 Å². The normalized spacial score (nSPS) is 18.2. The molecule has 1 unspecified atom stereocenters. The van der Waals surface area contributed by atoms with Crippen LogP contribution in [0.5, 0.6) is 0 Å². The minimum atomic E-state index is -0.423. The van der Waals surface area contributed by atoms with Gasteiger partial charge in [-0.2, -0.15) is 0 Å². The zero-order valence-electron chi connectivity index (χ0n) is 9.67. The first-order valence-electron chi connectivity index (χ1n) is 5.75. The summed E-state index contributed by atoms with van der Waals surface area (Å²) in [6.07, 6.45) is -0.423. The van der Waals surface area contributed by atoms with Gasteiger partial charge >= 0.3 is 0 Å². The first kappa shape index (κ1) is 10.8. The molecule has 1 heterocycles. The molecule has 0 fully saturated rings. The third kappa shape index (κ3) is 1.63. The van der Waals surface area contributed by atoms with Gasteiger partial charge in [-0.15, -0.1) is 0 Å². The standard InChI is InChI=1S/C14H13N3O/c15-13-11-8-4-5-9-12(11)16-14(17(13)18)10-6-2-1-3-7-10/h1-9,14-16,18H. The highest BCUT2D eigenvalue weighted by atomic mass is 16.5. The SMILES string of the molecule is N=C1c2ccccc2NC(c2ccccc2)N1O. The lowest BCUT2D eigenvalue weighted by molar-refractivity contribution is -0.0481. The van der Waals surface area contributed by atoms with Crippen LogP contribution in [-0.4, -0.2) is 16.1 Å². The molecule has 4 heteroatoms. The molecule has 1 aliphatic heterocycles. The summed E-state index contributed by atoms with van der Waals surface area (Å²) in [4.78, 5) is 0. The lowest BCUT2D eigenvalue weighted by Gasteiger charge is -2.35. The van der Waals surface area contributed by atoms with Crippen molar-refractivity contribution in [2.24, 2.45) is 0 Å². The Morgan fingerprint density at radius 2 is 1.67 bits per heavy atom. The highest BCUT2D eigenvalue weighted by molar-refractivity contribution is 6.02. The number of anilines is 1. The summed E-state index contributed by atoms with van der Waals surface area (Å²) in [5.74, 6) is 0.109. The number of hydrogen-bond donors (Lipinski definition) is 3. The summed E-state index contributed by atoms with van der Waals surface area (Å²) in [5.41, 5.74) is 2.48. The van der Waals surface area contributed by atoms with Gasteiger partial charge in [0.15, 0.2) is 12.0 Å². The van der Waals surface area contributed by atoms with E-state index in [2.05, 4.69) is 5.32 Å². The largest absolute Gasteiger partial charge is 0.359 e. The molecule has 0 aliphatic carbocycles. The van der Waals surface area contributed by atoms with Crippen LogP contribution in [0.15, 0.2) is 54.6 Å². The smallest absolute Gasteiger partial charge is 0.157 e. The summed E-state index contributed by atoms with van der Waals surface area (Å²) in [7, 11) is 0. The average molecular weight is 239 g/mol. The maximum absolute atomic E-state index is 10.1. The molecule has 0 amide bonds. The zero-order chi connectivity index (χ0) is 12.5. The molecular weight excluding hydrogens is 226 g/mol. The van der Waals surface area contributed by atoms with Gasteiger partial charge in [0.05, 0.1) is 0 Å². The van der Waals surface area contributed by atoms with Crippen LogP contribution in [0.2, 0.25) is 0 Å². The molecule has 0 spiro atoms. The van der Waals surface area contributed by atoms with E-state index in [4.69, 9.17) is 5.41 Å². The maximum atomic E-state index is 10.1. The number of hydroxylamine groups is 2. The molecule has 1 atom stereocenters. The van der Waals surface area contributed by atoms with E-state index < -0.39 is 6.17 Å². The maximum Gasteiger partial charge on any atom is 0.157 e. The summed E-state index contributed by atoms with van der Waals surface area (Å²) in [6, 6.07) is 17.1.